The van der Waals surface area contributed by atoms with Crippen molar-refractivity contribution in [3.63, 3.8) is 0 Å². The molecule has 0 aliphatic carbocycles. The molecular formula is C22H24N6O2. The Balaban J connectivity index is 1.54. The molecule has 30 heavy (non-hydrogen) atoms. The number of methoxy groups -OCH3 is 1. The lowest BCUT2D eigenvalue weighted by Gasteiger charge is -2.15. The summed E-state index contributed by atoms with van der Waals surface area (Å²) in [4.78, 5) is 4.38. The maximum absolute atomic E-state index is 5.99. The van der Waals surface area contributed by atoms with Gasteiger partial charge in [0.2, 0.25) is 5.88 Å². The number of hydrogen-bond acceptors (Lipinski definition) is 7. The minimum atomic E-state index is -0.161. The molecule has 0 radical (unpaired) electrons. The summed E-state index contributed by atoms with van der Waals surface area (Å²) in [6.45, 7) is 6.76. The van der Waals surface area contributed by atoms with Crippen molar-refractivity contribution in [2.75, 3.05) is 12.4 Å². The summed E-state index contributed by atoms with van der Waals surface area (Å²) >= 11 is 0. The molecule has 4 aromatic rings. The van der Waals surface area contributed by atoms with Crippen LogP contribution in [0.25, 0.3) is 5.65 Å². The van der Waals surface area contributed by atoms with E-state index in [9.17, 15) is 0 Å². The molecule has 0 saturated heterocycles. The Labute approximate surface area is 174 Å². The van der Waals surface area contributed by atoms with E-state index < -0.39 is 0 Å². The molecule has 3 heterocycles. The van der Waals surface area contributed by atoms with Gasteiger partial charge in [-0.3, -0.25) is 0 Å². The average molecular weight is 404 g/mol. The fourth-order valence-corrected chi connectivity index (χ4v) is 2.96. The first kappa shape index (κ1) is 19.6. The van der Waals surface area contributed by atoms with Crippen molar-refractivity contribution in [2.45, 2.75) is 32.7 Å². The number of rotatable bonds is 6. The average Bonchev–Trinajstić information content (AvgIpc) is 3.17. The maximum Gasteiger partial charge on any atom is 0.224 e. The van der Waals surface area contributed by atoms with Gasteiger partial charge in [0.25, 0.3) is 0 Å². The Morgan fingerprint density at radius 1 is 1.00 bits per heavy atom. The van der Waals surface area contributed by atoms with Crippen molar-refractivity contribution in [2.24, 2.45) is 0 Å². The van der Waals surface area contributed by atoms with E-state index in [0.29, 0.717) is 29.6 Å². The van der Waals surface area contributed by atoms with Gasteiger partial charge in [-0.25, -0.2) is 4.98 Å². The fourth-order valence-electron chi connectivity index (χ4n) is 2.96. The van der Waals surface area contributed by atoms with E-state index in [1.165, 1.54) is 0 Å². The standard InChI is InChI=1S/C22H24N6O2/c1-22(2,3)21-26-25-19-11-10-18(27-28(19)21)24-14-15-7-6-12-23-20(15)30-17-9-5-8-16(13-17)29-4/h5-13H,14H2,1-4H3,(H,24,27). The maximum atomic E-state index is 5.99. The lowest BCUT2D eigenvalue weighted by Crippen LogP contribution is -2.17. The van der Waals surface area contributed by atoms with Crippen LogP contribution in [-0.2, 0) is 12.0 Å². The van der Waals surface area contributed by atoms with Crippen molar-refractivity contribution in [1.82, 2.24) is 24.8 Å². The highest BCUT2D eigenvalue weighted by Gasteiger charge is 2.21. The molecule has 8 heteroatoms. The second kappa shape index (κ2) is 7.98. The zero-order valence-corrected chi connectivity index (χ0v) is 17.5. The molecule has 3 aromatic heterocycles. The van der Waals surface area contributed by atoms with Crippen LogP contribution in [-0.4, -0.2) is 31.9 Å². The number of benzene rings is 1. The van der Waals surface area contributed by atoms with Crippen LogP contribution < -0.4 is 14.8 Å². The second-order valence-electron chi connectivity index (χ2n) is 7.86. The van der Waals surface area contributed by atoms with Crippen molar-refractivity contribution >= 4 is 11.5 Å². The minimum Gasteiger partial charge on any atom is -0.497 e. The van der Waals surface area contributed by atoms with Gasteiger partial charge in [-0.1, -0.05) is 32.9 Å². The molecule has 0 bridgehead atoms. The van der Waals surface area contributed by atoms with E-state index in [-0.39, 0.29) is 5.41 Å². The summed E-state index contributed by atoms with van der Waals surface area (Å²) in [5, 5.41) is 16.5. The predicted molar refractivity (Wildman–Crippen MR) is 114 cm³/mol. The number of nitrogens with one attached hydrogen (secondary N) is 1. The van der Waals surface area contributed by atoms with Crippen LogP contribution in [0.15, 0.2) is 54.7 Å². The lowest BCUT2D eigenvalue weighted by atomic mass is 9.96. The summed E-state index contributed by atoms with van der Waals surface area (Å²) in [5.41, 5.74) is 1.46. The molecule has 8 nitrogen and oxygen atoms in total. The van der Waals surface area contributed by atoms with E-state index in [0.717, 1.165) is 17.1 Å². The van der Waals surface area contributed by atoms with Gasteiger partial charge in [0.1, 0.15) is 17.3 Å². The molecule has 1 aromatic carbocycles. The topological polar surface area (TPSA) is 86.5 Å². The fraction of sp³-hybridized carbons (Fsp3) is 0.273. The van der Waals surface area contributed by atoms with Crippen LogP contribution in [0, 0.1) is 0 Å². The highest BCUT2D eigenvalue weighted by Crippen LogP contribution is 2.27. The summed E-state index contributed by atoms with van der Waals surface area (Å²) in [5.74, 6) is 3.44. The van der Waals surface area contributed by atoms with Gasteiger partial charge >= 0.3 is 0 Å². The SMILES string of the molecule is COc1cccc(Oc2ncccc2CNc2ccc3nnc(C(C)(C)C)n3n2)c1. The van der Waals surface area contributed by atoms with Gasteiger partial charge in [-0.15, -0.1) is 15.3 Å². The summed E-state index contributed by atoms with van der Waals surface area (Å²) in [6.07, 6.45) is 1.70. The molecule has 0 fully saturated rings. The van der Waals surface area contributed by atoms with Gasteiger partial charge in [0.15, 0.2) is 11.5 Å². The van der Waals surface area contributed by atoms with E-state index >= 15 is 0 Å². The molecule has 0 atom stereocenters. The Bertz CT molecular complexity index is 1170. The molecule has 1 N–H and O–H groups in total. The third-order valence-corrected chi connectivity index (χ3v) is 4.50. The Morgan fingerprint density at radius 3 is 2.63 bits per heavy atom. The summed E-state index contributed by atoms with van der Waals surface area (Å²) < 4.78 is 13.0. The molecule has 0 aliphatic heterocycles. The van der Waals surface area contributed by atoms with Crippen LogP contribution in [0.5, 0.6) is 17.4 Å². The van der Waals surface area contributed by atoms with Crippen molar-refractivity contribution in [1.29, 1.82) is 0 Å². The third kappa shape index (κ3) is 4.17. The Hall–Kier alpha value is -3.68. The van der Waals surface area contributed by atoms with E-state index in [1.807, 2.05) is 48.5 Å². The molecule has 154 valence electrons. The first-order valence-corrected chi connectivity index (χ1v) is 9.66. The molecule has 0 saturated carbocycles. The number of anilines is 1. The van der Waals surface area contributed by atoms with Gasteiger partial charge in [-0.2, -0.15) is 4.52 Å². The molecular weight excluding hydrogens is 380 g/mol. The monoisotopic (exact) mass is 404 g/mol. The van der Waals surface area contributed by atoms with E-state index in [4.69, 9.17) is 9.47 Å². The molecule has 0 spiro atoms. The van der Waals surface area contributed by atoms with Gasteiger partial charge in [-0.05, 0) is 30.3 Å². The Kier molecular flexibility index (Phi) is 5.22. The van der Waals surface area contributed by atoms with Crippen LogP contribution in [0.1, 0.15) is 32.2 Å². The van der Waals surface area contributed by atoms with Crippen LogP contribution in [0.2, 0.25) is 0 Å². The van der Waals surface area contributed by atoms with Crippen molar-refractivity contribution in [3.8, 4) is 17.4 Å². The predicted octanol–water partition coefficient (Wildman–Crippen LogP) is 4.23. The molecule has 0 amide bonds. The highest BCUT2D eigenvalue weighted by molar-refractivity contribution is 5.45. The van der Waals surface area contributed by atoms with Gasteiger partial charge < -0.3 is 14.8 Å². The summed E-state index contributed by atoms with van der Waals surface area (Å²) in [7, 11) is 1.62. The van der Waals surface area contributed by atoms with E-state index in [1.54, 1.807) is 17.8 Å². The van der Waals surface area contributed by atoms with Gasteiger partial charge in [0, 0.05) is 29.8 Å². The van der Waals surface area contributed by atoms with Crippen molar-refractivity contribution in [3.05, 3.63) is 66.1 Å². The highest BCUT2D eigenvalue weighted by atomic mass is 16.5. The second-order valence-corrected chi connectivity index (χ2v) is 7.86. The number of nitrogens with zero attached hydrogens (tertiary/aromatic N) is 5. The number of aromatic nitrogens is 5. The van der Waals surface area contributed by atoms with Crippen LogP contribution in [0.3, 0.4) is 0 Å². The minimum absolute atomic E-state index is 0.161. The third-order valence-electron chi connectivity index (χ3n) is 4.50. The normalized spacial score (nSPS) is 11.5. The molecule has 4 rings (SSSR count). The lowest BCUT2D eigenvalue weighted by molar-refractivity contribution is 0.406. The number of hydrogen-bond donors (Lipinski definition) is 1. The first-order valence-electron chi connectivity index (χ1n) is 9.66. The molecule has 0 aliphatic rings. The van der Waals surface area contributed by atoms with Gasteiger partial charge in [0.05, 0.1) is 7.11 Å². The van der Waals surface area contributed by atoms with E-state index in [2.05, 4.69) is 46.4 Å². The molecule has 0 unspecified atom stereocenters. The summed E-state index contributed by atoms with van der Waals surface area (Å²) in [6, 6.07) is 15.1. The zero-order chi connectivity index (χ0) is 21.1. The van der Waals surface area contributed by atoms with Crippen LogP contribution >= 0.6 is 0 Å². The first-order chi connectivity index (χ1) is 14.4. The zero-order valence-electron chi connectivity index (χ0n) is 17.5. The van der Waals surface area contributed by atoms with Crippen LogP contribution in [0.4, 0.5) is 5.82 Å². The smallest absolute Gasteiger partial charge is 0.224 e. The van der Waals surface area contributed by atoms with Crippen molar-refractivity contribution < 1.29 is 9.47 Å². The number of ether oxygens (including phenoxy) is 2. The number of pyridine rings is 1. The Morgan fingerprint density at radius 2 is 1.83 bits per heavy atom. The quantitative estimate of drug-likeness (QED) is 0.515. The largest absolute Gasteiger partial charge is 0.497 e. The number of fused-ring (bicyclic) bond motifs is 1.